The number of thioether (sulfide) groups is 1. The van der Waals surface area contributed by atoms with Crippen LogP contribution in [-0.4, -0.2) is 28.8 Å². The molecule has 1 aliphatic rings. The van der Waals surface area contributed by atoms with E-state index in [1.165, 1.54) is 0 Å². The van der Waals surface area contributed by atoms with Crippen LogP contribution in [0.2, 0.25) is 0 Å². The molecule has 3 rings (SSSR count). The van der Waals surface area contributed by atoms with E-state index in [0.717, 1.165) is 25.0 Å². The first-order valence-corrected chi connectivity index (χ1v) is 7.94. The molecular weight excluding hydrogens is 326 g/mol. The van der Waals surface area contributed by atoms with Gasteiger partial charge >= 0.3 is 5.97 Å². The first-order valence-electron chi connectivity index (χ1n) is 6.78. The normalized spacial score (nSPS) is 13.5. The lowest BCUT2D eigenvalue weighted by Gasteiger charge is -2.14. The Morgan fingerprint density at radius 2 is 2.04 bits per heavy atom. The predicted molar refractivity (Wildman–Crippen MR) is 81.4 cm³/mol. The van der Waals surface area contributed by atoms with Crippen molar-refractivity contribution in [3.8, 4) is 11.4 Å². The highest BCUT2D eigenvalue weighted by Crippen LogP contribution is 2.25. The van der Waals surface area contributed by atoms with E-state index in [1.54, 1.807) is 11.8 Å². The van der Waals surface area contributed by atoms with Gasteiger partial charge in [-0.05, 0) is 24.3 Å². The molecule has 0 amide bonds. The highest BCUT2D eigenvalue weighted by Gasteiger charge is 2.22. The number of aromatic amines is 1. The average molecular weight is 338 g/mol. The van der Waals surface area contributed by atoms with Gasteiger partial charge in [-0.3, -0.25) is 4.79 Å². The molecule has 0 spiro atoms. The number of nitrogens with zero attached hydrogens (tertiary/aromatic N) is 1. The zero-order valence-corrected chi connectivity index (χ0v) is 12.9. The standard InChI is InChI=1S/C15H12F2N2O3S/c1-22-15(21)12-9(16)4-7(5-10(12)17)13-18-11-2-3-23-6-8(11)14(20)19-13/h4-5H,2-3,6H2,1H3,(H,18,19,20). The van der Waals surface area contributed by atoms with Crippen LogP contribution in [0.1, 0.15) is 21.6 Å². The summed E-state index contributed by atoms with van der Waals surface area (Å²) in [5, 5.41) is 0. The molecular formula is C15H12F2N2O3S. The molecule has 5 nitrogen and oxygen atoms in total. The third kappa shape index (κ3) is 2.86. The van der Waals surface area contributed by atoms with Gasteiger partial charge in [0.05, 0.1) is 12.8 Å². The predicted octanol–water partition coefficient (Wildman–Crippen LogP) is 2.29. The van der Waals surface area contributed by atoms with Gasteiger partial charge < -0.3 is 9.72 Å². The summed E-state index contributed by atoms with van der Waals surface area (Å²) >= 11 is 1.63. The number of esters is 1. The summed E-state index contributed by atoms with van der Waals surface area (Å²) in [5.74, 6) is -1.75. The average Bonchev–Trinajstić information content (AvgIpc) is 2.53. The maximum absolute atomic E-state index is 14.0. The molecule has 0 atom stereocenters. The lowest BCUT2D eigenvalue weighted by atomic mass is 10.1. The van der Waals surface area contributed by atoms with Crippen LogP contribution in [0.5, 0.6) is 0 Å². The Morgan fingerprint density at radius 1 is 1.35 bits per heavy atom. The molecule has 1 aliphatic heterocycles. The fourth-order valence-corrected chi connectivity index (χ4v) is 3.37. The summed E-state index contributed by atoms with van der Waals surface area (Å²) in [6.07, 6.45) is 0.627. The SMILES string of the molecule is COC(=O)c1c(F)cc(-c2nc3c(c(=O)[nH]2)CSCC3)cc1F. The number of aromatic nitrogens is 2. The van der Waals surface area contributed by atoms with E-state index in [0.29, 0.717) is 23.4 Å². The Labute approximate surface area is 134 Å². The number of H-pyrrole nitrogens is 1. The van der Waals surface area contributed by atoms with E-state index < -0.39 is 23.2 Å². The van der Waals surface area contributed by atoms with Crippen molar-refractivity contribution in [1.82, 2.24) is 9.97 Å². The van der Waals surface area contributed by atoms with E-state index in [-0.39, 0.29) is 16.9 Å². The number of halogens is 2. The zero-order chi connectivity index (χ0) is 16.6. The molecule has 0 fully saturated rings. The fourth-order valence-electron chi connectivity index (χ4n) is 2.39. The number of hydrogen-bond acceptors (Lipinski definition) is 5. The monoisotopic (exact) mass is 338 g/mol. The molecule has 0 aliphatic carbocycles. The number of hydrogen-bond donors (Lipinski definition) is 1. The van der Waals surface area contributed by atoms with Gasteiger partial charge in [-0.15, -0.1) is 0 Å². The van der Waals surface area contributed by atoms with Crippen LogP contribution in [0.3, 0.4) is 0 Å². The first-order chi connectivity index (χ1) is 11.0. The number of benzene rings is 1. The van der Waals surface area contributed by atoms with Gasteiger partial charge in [0.2, 0.25) is 0 Å². The van der Waals surface area contributed by atoms with Crippen molar-refractivity contribution in [3.63, 3.8) is 0 Å². The number of carbonyl (C=O) groups is 1. The summed E-state index contributed by atoms with van der Waals surface area (Å²) in [5.41, 5.74) is 0.214. The van der Waals surface area contributed by atoms with Crippen LogP contribution in [-0.2, 0) is 16.9 Å². The second-order valence-corrected chi connectivity index (χ2v) is 6.05. The molecule has 0 saturated carbocycles. The number of methoxy groups -OCH3 is 1. The van der Waals surface area contributed by atoms with Gasteiger partial charge in [-0.2, -0.15) is 11.8 Å². The number of aryl methyl sites for hydroxylation is 1. The van der Waals surface area contributed by atoms with E-state index in [4.69, 9.17) is 0 Å². The second-order valence-electron chi connectivity index (χ2n) is 4.95. The number of fused-ring (bicyclic) bond motifs is 1. The minimum Gasteiger partial charge on any atom is -0.465 e. The molecule has 2 heterocycles. The molecule has 0 unspecified atom stereocenters. The van der Waals surface area contributed by atoms with Gasteiger partial charge in [-0.1, -0.05) is 0 Å². The van der Waals surface area contributed by atoms with Crippen molar-refractivity contribution in [2.45, 2.75) is 12.2 Å². The summed E-state index contributed by atoms with van der Waals surface area (Å²) in [4.78, 5) is 30.3. The van der Waals surface area contributed by atoms with E-state index >= 15 is 0 Å². The van der Waals surface area contributed by atoms with Crippen LogP contribution in [0.25, 0.3) is 11.4 Å². The Bertz CT molecular complexity index is 828. The molecule has 1 aromatic carbocycles. The van der Waals surface area contributed by atoms with Crippen molar-refractivity contribution >= 4 is 17.7 Å². The van der Waals surface area contributed by atoms with Crippen LogP contribution >= 0.6 is 11.8 Å². The van der Waals surface area contributed by atoms with Crippen molar-refractivity contribution < 1.29 is 18.3 Å². The molecule has 0 bridgehead atoms. The number of rotatable bonds is 2. The summed E-state index contributed by atoms with van der Waals surface area (Å²) in [6, 6.07) is 1.91. The smallest absolute Gasteiger partial charge is 0.343 e. The minimum atomic E-state index is -1.10. The number of carbonyl (C=O) groups excluding carboxylic acids is 1. The third-order valence-electron chi connectivity index (χ3n) is 3.54. The molecule has 0 radical (unpaired) electrons. The molecule has 2 aromatic rings. The van der Waals surface area contributed by atoms with Crippen molar-refractivity contribution in [3.05, 3.63) is 50.9 Å². The number of nitrogens with one attached hydrogen (secondary N) is 1. The molecule has 0 saturated heterocycles. The molecule has 120 valence electrons. The summed E-state index contributed by atoms with van der Waals surface area (Å²) < 4.78 is 32.4. The Hall–Kier alpha value is -2.22. The zero-order valence-electron chi connectivity index (χ0n) is 12.1. The van der Waals surface area contributed by atoms with Gasteiger partial charge in [0.1, 0.15) is 23.0 Å². The molecule has 1 aromatic heterocycles. The molecule has 8 heteroatoms. The van der Waals surface area contributed by atoms with Gasteiger partial charge in [0.25, 0.3) is 5.56 Å². The van der Waals surface area contributed by atoms with Crippen LogP contribution < -0.4 is 5.56 Å². The number of ether oxygens (including phenoxy) is 1. The van der Waals surface area contributed by atoms with Crippen LogP contribution in [0.4, 0.5) is 8.78 Å². The maximum Gasteiger partial charge on any atom is 0.343 e. The van der Waals surface area contributed by atoms with Crippen molar-refractivity contribution in [2.75, 3.05) is 12.9 Å². The van der Waals surface area contributed by atoms with Gasteiger partial charge in [0.15, 0.2) is 0 Å². The quantitative estimate of drug-likeness (QED) is 0.851. The van der Waals surface area contributed by atoms with E-state index in [2.05, 4.69) is 14.7 Å². The molecule has 1 N–H and O–H groups in total. The molecule has 23 heavy (non-hydrogen) atoms. The second kappa shape index (κ2) is 6.11. The highest BCUT2D eigenvalue weighted by molar-refractivity contribution is 7.98. The lowest BCUT2D eigenvalue weighted by Crippen LogP contribution is -2.21. The van der Waals surface area contributed by atoms with Gasteiger partial charge in [-0.25, -0.2) is 18.6 Å². The minimum absolute atomic E-state index is 0.0609. The van der Waals surface area contributed by atoms with Crippen molar-refractivity contribution in [1.29, 1.82) is 0 Å². The summed E-state index contributed by atoms with van der Waals surface area (Å²) in [6.45, 7) is 0. The van der Waals surface area contributed by atoms with E-state index in [9.17, 15) is 18.4 Å². The third-order valence-corrected chi connectivity index (χ3v) is 4.52. The Kier molecular flexibility index (Phi) is 4.16. The fraction of sp³-hybridized carbons (Fsp3) is 0.267. The highest BCUT2D eigenvalue weighted by atomic mass is 32.2. The van der Waals surface area contributed by atoms with Crippen LogP contribution in [0, 0.1) is 11.6 Å². The van der Waals surface area contributed by atoms with Crippen molar-refractivity contribution in [2.24, 2.45) is 0 Å². The first kappa shape index (κ1) is 15.7. The largest absolute Gasteiger partial charge is 0.465 e. The van der Waals surface area contributed by atoms with E-state index in [1.807, 2.05) is 0 Å². The summed E-state index contributed by atoms with van der Waals surface area (Å²) in [7, 11) is 1.04. The maximum atomic E-state index is 14.0. The Morgan fingerprint density at radius 3 is 2.70 bits per heavy atom. The van der Waals surface area contributed by atoms with Gasteiger partial charge in [0, 0.05) is 16.9 Å². The topological polar surface area (TPSA) is 72.0 Å². The Balaban J connectivity index is 2.11. The van der Waals surface area contributed by atoms with Crippen LogP contribution in [0.15, 0.2) is 16.9 Å². The lowest BCUT2D eigenvalue weighted by molar-refractivity contribution is 0.0590.